The average Bonchev–Trinajstić information content (AvgIpc) is 3.33. The fourth-order valence-electron chi connectivity index (χ4n) is 3.06. The molecule has 0 aliphatic carbocycles. The van der Waals surface area contributed by atoms with Gasteiger partial charge in [-0.05, 0) is 12.1 Å². The smallest absolute Gasteiger partial charge is 0.251 e. The number of amides is 2. The number of aromatic nitrogens is 2. The van der Waals surface area contributed by atoms with Crippen molar-refractivity contribution in [1.82, 2.24) is 14.7 Å². The zero-order valence-electron chi connectivity index (χ0n) is 16.7. The maximum Gasteiger partial charge on any atom is 0.251 e. The number of alkyl halides is 2. The van der Waals surface area contributed by atoms with Crippen molar-refractivity contribution in [2.24, 2.45) is 0 Å². The van der Waals surface area contributed by atoms with Crippen LogP contribution in [0.25, 0.3) is 0 Å². The van der Waals surface area contributed by atoms with E-state index in [1.807, 2.05) is 0 Å². The highest BCUT2D eigenvalue weighted by molar-refractivity contribution is 6.32. The Morgan fingerprint density at radius 1 is 1.31 bits per heavy atom. The third-order valence-electron chi connectivity index (χ3n) is 4.55. The molecule has 2 heterocycles. The molecule has 2 amide bonds. The van der Waals surface area contributed by atoms with Crippen LogP contribution >= 0.6 is 11.6 Å². The minimum Gasteiger partial charge on any atom is -0.458 e. The molecule has 9 nitrogen and oxygen atoms in total. The molecule has 1 aliphatic heterocycles. The van der Waals surface area contributed by atoms with Crippen molar-refractivity contribution in [1.29, 1.82) is 0 Å². The highest BCUT2D eigenvalue weighted by atomic mass is 35.5. The maximum atomic E-state index is 13.2. The molecule has 0 bridgehead atoms. The summed E-state index contributed by atoms with van der Waals surface area (Å²) >= 11 is 6.04. The molecule has 32 heavy (non-hydrogen) atoms. The summed E-state index contributed by atoms with van der Waals surface area (Å²) in [6.45, 7) is -0.684. The zero-order valence-corrected chi connectivity index (χ0v) is 17.5. The van der Waals surface area contributed by atoms with Gasteiger partial charge in [0.05, 0.1) is 30.8 Å². The van der Waals surface area contributed by atoms with E-state index in [1.165, 1.54) is 16.9 Å². The molecule has 0 saturated carbocycles. The Bertz CT molecular complexity index is 1000. The first-order valence-corrected chi connectivity index (χ1v) is 9.99. The monoisotopic (exact) mass is 470 g/mol. The number of aliphatic hydroxyl groups excluding tert-OH is 2. The van der Waals surface area contributed by atoms with E-state index in [4.69, 9.17) is 21.4 Å². The fourth-order valence-corrected chi connectivity index (χ4v) is 3.24. The summed E-state index contributed by atoms with van der Waals surface area (Å²) in [6, 6.07) is 6.49. The molecule has 0 fully saturated rings. The Balaban J connectivity index is 1.69. The second kappa shape index (κ2) is 10.5. The molecule has 1 aliphatic rings. The largest absolute Gasteiger partial charge is 0.458 e. The molecule has 0 radical (unpaired) electrons. The van der Waals surface area contributed by atoms with E-state index in [0.29, 0.717) is 10.8 Å². The van der Waals surface area contributed by atoms with Gasteiger partial charge in [0.15, 0.2) is 5.82 Å². The Kier molecular flexibility index (Phi) is 7.78. The van der Waals surface area contributed by atoms with E-state index in [2.05, 4.69) is 10.4 Å². The van der Waals surface area contributed by atoms with Crippen molar-refractivity contribution in [2.75, 3.05) is 18.5 Å². The van der Waals surface area contributed by atoms with Gasteiger partial charge in [0.25, 0.3) is 5.91 Å². The average molecular weight is 471 g/mol. The van der Waals surface area contributed by atoms with Crippen LogP contribution in [0.4, 0.5) is 14.6 Å². The minimum atomic E-state index is -2.84. The van der Waals surface area contributed by atoms with Crippen molar-refractivity contribution >= 4 is 29.2 Å². The van der Waals surface area contributed by atoms with Crippen LogP contribution in [0.1, 0.15) is 6.42 Å². The van der Waals surface area contributed by atoms with Crippen molar-refractivity contribution in [3.63, 3.8) is 0 Å². The fraction of sp³-hybridized carbons (Fsp3) is 0.350. The Morgan fingerprint density at radius 3 is 2.75 bits per heavy atom. The highest BCUT2D eigenvalue weighted by Crippen LogP contribution is 2.28. The predicted molar refractivity (Wildman–Crippen MR) is 110 cm³/mol. The number of rotatable bonds is 10. The van der Waals surface area contributed by atoms with Crippen LogP contribution in [-0.2, 0) is 16.1 Å². The molecule has 1 aromatic heterocycles. The van der Waals surface area contributed by atoms with Crippen LogP contribution in [0.5, 0.6) is 5.75 Å². The second-order valence-corrected chi connectivity index (χ2v) is 7.41. The van der Waals surface area contributed by atoms with Gasteiger partial charge < -0.3 is 25.2 Å². The third-order valence-corrected chi connectivity index (χ3v) is 4.86. The number of para-hydroxylation sites is 1. The van der Waals surface area contributed by atoms with E-state index in [0.717, 1.165) is 11.0 Å². The van der Waals surface area contributed by atoms with Gasteiger partial charge in [-0.3, -0.25) is 14.3 Å². The quantitative estimate of drug-likeness (QED) is 0.486. The molecule has 3 N–H and O–H groups in total. The van der Waals surface area contributed by atoms with Gasteiger partial charge in [0.2, 0.25) is 12.3 Å². The van der Waals surface area contributed by atoms with Gasteiger partial charge in [-0.25, -0.2) is 8.78 Å². The lowest BCUT2D eigenvalue weighted by molar-refractivity contribution is -0.134. The molecule has 1 aromatic carbocycles. The van der Waals surface area contributed by atoms with Gasteiger partial charge in [-0.2, -0.15) is 5.10 Å². The lowest BCUT2D eigenvalue weighted by atomic mass is 10.1. The summed E-state index contributed by atoms with van der Waals surface area (Å²) in [7, 11) is 0. The molecule has 0 spiro atoms. The lowest BCUT2D eigenvalue weighted by Crippen LogP contribution is -2.46. The van der Waals surface area contributed by atoms with Crippen molar-refractivity contribution in [3.05, 3.63) is 53.4 Å². The van der Waals surface area contributed by atoms with E-state index in [1.54, 1.807) is 24.3 Å². The normalized spacial score (nSPS) is 15.6. The van der Waals surface area contributed by atoms with Crippen LogP contribution in [0, 0.1) is 0 Å². The molecule has 3 rings (SSSR count). The number of ether oxygens (including phenoxy) is 1. The number of hydrogen-bond acceptors (Lipinski definition) is 6. The molecule has 172 valence electrons. The van der Waals surface area contributed by atoms with Gasteiger partial charge in [-0.1, -0.05) is 23.7 Å². The van der Waals surface area contributed by atoms with Crippen LogP contribution < -0.4 is 10.1 Å². The summed E-state index contributed by atoms with van der Waals surface area (Å²) < 4.78 is 33.3. The predicted octanol–water partition coefficient (Wildman–Crippen LogP) is 1.66. The molecule has 2 aromatic rings. The zero-order chi connectivity index (χ0) is 23.3. The molecule has 2 atom stereocenters. The van der Waals surface area contributed by atoms with Crippen LogP contribution in [-0.4, -0.2) is 68.4 Å². The summed E-state index contributed by atoms with van der Waals surface area (Å²) in [5.74, 6) is -0.993. The van der Waals surface area contributed by atoms with Gasteiger partial charge in [0, 0.05) is 24.8 Å². The number of nitrogens with one attached hydrogen (secondary N) is 1. The number of carbonyl (C=O) groups is 2. The first-order valence-electron chi connectivity index (χ1n) is 9.61. The van der Waals surface area contributed by atoms with E-state index < -0.39 is 43.4 Å². The van der Waals surface area contributed by atoms with Crippen LogP contribution in [0.3, 0.4) is 0 Å². The van der Waals surface area contributed by atoms with Gasteiger partial charge in [-0.15, -0.1) is 0 Å². The minimum absolute atomic E-state index is 0.0237. The second-order valence-electron chi connectivity index (χ2n) is 7.00. The first-order chi connectivity index (χ1) is 15.3. The number of anilines is 1. The highest BCUT2D eigenvalue weighted by Gasteiger charge is 2.36. The summed E-state index contributed by atoms with van der Waals surface area (Å²) in [6.07, 6.45) is -2.21. The van der Waals surface area contributed by atoms with Gasteiger partial charge in [0.1, 0.15) is 17.6 Å². The first kappa shape index (κ1) is 23.6. The number of halogens is 3. The van der Waals surface area contributed by atoms with Crippen LogP contribution in [0.15, 0.2) is 48.4 Å². The number of hydrogen-bond donors (Lipinski definition) is 3. The molecular formula is C20H21ClF2N4O5. The number of nitrogens with zero attached hydrogens (tertiary/aromatic N) is 3. The van der Waals surface area contributed by atoms with Crippen molar-refractivity contribution < 1.29 is 33.3 Å². The summed E-state index contributed by atoms with van der Waals surface area (Å²) in [5, 5.41) is 25.1. The molecular weight excluding hydrogens is 450 g/mol. The Labute approximate surface area is 186 Å². The molecule has 1 unspecified atom stereocenters. The lowest BCUT2D eigenvalue weighted by Gasteiger charge is -2.26. The van der Waals surface area contributed by atoms with Gasteiger partial charge >= 0.3 is 0 Å². The van der Waals surface area contributed by atoms with Crippen LogP contribution in [0.2, 0.25) is 5.02 Å². The van der Waals surface area contributed by atoms with E-state index >= 15 is 0 Å². The summed E-state index contributed by atoms with van der Waals surface area (Å²) in [5.41, 5.74) is 0. The number of carbonyl (C=O) groups excluding carboxylic acids is 2. The Hall–Kier alpha value is -3.02. The number of aliphatic hydroxyl groups is 2. The SMILES string of the molecule is O=C(Nc1ccn(C[C@@H](O)CO)n1)C(CC(F)F)N1CC(Oc2ccccc2Cl)=CC1=O. The van der Waals surface area contributed by atoms with Crippen molar-refractivity contribution in [3.8, 4) is 5.75 Å². The Morgan fingerprint density at radius 2 is 2.06 bits per heavy atom. The number of benzene rings is 1. The van der Waals surface area contributed by atoms with E-state index in [-0.39, 0.29) is 24.7 Å². The topological polar surface area (TPSA) is 117 Å². The third kappa shape index (κ3) is 6.02. The van der Waals surface area contributed by atoms with E-state index in [9.17, 15) is 23.5 Å². The van der Waals surface area contributed by atoms with Crippen molar-refractivity contribution in [2.45, 2.75) is 31.5 Å². The summed E-state index contributed by atoms with van der Waals surface area (Å²) in [4.78, 5) is 26.2. The standard InChI is InChI=1S/C20H21ClF2N4O5/c21-14-3-1-2-4-16(14)32-13-7-19(30)27(10-13)15(8-17(22)23)20(31)24-18-5-6-26(25-18)9-12(29)11-28/h1-7,12,15,17,28-29H,8-11H2,(H,24,25,31)/t12-,15?/m1/s1. The molecule has 0 saturated heterocycles. The maximum absolute atomic E-state index is 13.2. The molecule has 12 heteroatoms.